The fourth-order valence-electron chi connectivity index (χ4n) is 1.37. The second kappa shape index (κ2) is 6.13. The minimum Gasteiger partial charge on any atom is -0.493 e. The highest BCUT2D eigenvalue weighted by molar-refractivity contribution is 9.10. The van der Waals surface area contributed by atoms with Gasteiger partial charge < -0.3 is 10.5 Å². The topological polar surface area (TPSA) is 35.2 Å². The third-order valence-corrected chi connectivity index (χ3v) is 2.80. The van der Waals surface area contributed by atoms with Gasteiger partial charge in [0.05, 0.1) is 11.1 Å². The van der Waals surface area contributed by atoms with Gasteiger partial charge in [-0.25, -0.2) is 0 Å². The first-order valence-corrected chi connectivity index (χ1v) is 6.09. The molecule has 1 rings (SSSR count). The van der Waals surface area contributed by atoms with Gasteiger partial charge in [0, 0.05) is 6.04 Å². The molecule has 2 N–H and O–H groups in total. The molecule has 0 saturated heterocycles. The molecule has 0 radical (unpaired) electrons. The largest absolute Gasteiger partial charge is 0.493 e. The number of ether oxygens (including phenoxy) is 1. The summed E-state index contributed by atoms with van der Waals surface area (Å²) in [5, 5.41) is 0. The van der Waals surface area contributed by atoms with Crippen LogP contribution in [0.2, 0.25) is 0 Å². The van der Waals surface area contributed by atoms with Gasteiger partial charge in [-0.05, 0) is 60.3 Å². The van der Waals surface area contributed by atoms with Gasteiger partial charge in [-0.2, -0.15) is 0 Å². The summed E-state index contributed by atoms with van der Waals surface area (Å²) in [6.45, 7) is 4.71. The summed E-state index contributed by atoms with van der Waals surface area (Å²) in [5.74, 6) is 0.905. The van der Waals surface area contributed by atoms with E-state index in [0.29, 0.717) is 6.61 Å². The molecular weight excluding hydrogens is 254 g/mol. The maximum absolute atomic E-state index is 5.72. The molecule has 15 heavy (non-hydrogen) atoms. The maximum Gasteiger partial charge on any atom is 0.133 e. The molecule has 1 atom stereocenters. The summed E-state index contributed by atoms with van der Waals surface area (Å²) in [6.07, 6.45) is 2.03. The number of halogens is 1. The summed E-state index contributed by atoms with van der Waals surface area (Å²) in [5.41, 5.74) is 7.01. The Morgan fingerprint density at radius 3 is 2.73 bits per heavy atom. The number of hydrogen-bond donors (Lipinski definition) is 1. The zero-order chi connectivity index (χ0) is 11.3. The van der Waals surface area contributed by atoms with Crippen LogP contribution in [0.4, 0.5) is 0 Å². The average molecular weight is 272 g/mol. The Balaban J connectivity index is 2.64. The van der Waals surface area contributed by atoms with E-state index in [1.165, 1.54) is 5.56 Å². The monoisotopic (exact) mass is 271 g/mol. The molecule has 1 aromatic carbocycles. The van der Waals surface area contributed by atoms with Crippen LogP contribution in [-0.4, -0.2) is 12.6 Å². The second-order valence-electron chi connectivity index (χ2n) is 3.71. The molecule has 0 aliphatic heterocycles. The van der Waals surface area contributed by atoms with Gasteiger partial charge in [0.1, 0.15) is 5.75 Å². The summed E-state index contributed by atoms with van der Waals surface area (Å²) in [6, 6.07) is 6.46. The number of hydrogen-bond acceptors (Lipinski definition) is 2. The predicted octanol–water partition coefficient (Wildman–Crippen LogP) is 3.13. The summed E-state index contributed by atoms with van der Waals surface area (Å²) < 4.78 is 6.47. The lowest BCUT2D eigenvalue weighted by Crippen LogP contribution is -2.15. The molecule has 0 bridgehead atoms. The normalized spacial score (nSPS) is 12.5. The number of aryl methyl sites for hydroxylation is 1. The highest BCUT2D eigenvalue weighted by atomic mass is 79.9. The smallest absolute Gasteiger partial charge is 0.133 e. The van der Waals surface area contributed by atoms with Crippen LogP contribution in [0, 0.1) is 0 Å². The standard InChI is InChI=1S/C12H18BrNO/c1-3-15-12-7-6-10(8-11(12)13)5-4-9(2)14/h6-9H,3-5,14H2,1-2H3. The molecular formula is C12H18BrNO. The van der Waals surface area contributed by atoms with Crippen molar-refractivity contribution in [1.29, 1.82) is 0 Å². The zero-order valence-electron chi connectivity index (χ0n) is 9.29. The molecule has 84 valence electrons. The van der Waals surface area contributed by atoms with Crippen molar-refractivity contribution in [2.45, 2.75) is 32.7 Å². The number of rotatable bonds is 5. The van der Waals surface area contributed by atoms with Crippen LogP contribution in [0.5, 0.6) is 5.75 Å². The van der Waals surface area contributed by atoms with Crippen molar-refractivity contribution in [3.63, 3.8) is 0 Å². The van der Waals surface area contributed by atoms with Gasteiger partial charge >= 0.3 is 0 Å². The van der Waals surface area contributed by atoms with Gasteiger partial charge in [-0.1, -0.05) is 6.07 Å². The molecule has 1 unspecified atom stereocenters. The lowest BCUT2D eigenvalue weighted by Gasteiger charge is -2.09. The maximum atomic E-state index is 5.72. The Morgan fingerprint density at radius 1 is 1.47 bits per heavy atom. The van der Waals surface area contributed by atoms with Crippen molar-refractivity contribution < 1.29 is 4.74 Å². The fraction of sp³-hybridized carbons (Fsp3) is 0.500. The summed E-state index contributed by atoms with van der Waals surface area (Å²) >= 11 is 3.50. The first kappa shape index (κ1) is 12.5. The molecule has 0 fully saturated rings. The van der Waals surface area contributed by atoms with Crippen LogP contribution < -0.4 is 10.5 Å². The van der Waals surface area contributed by atoms with Crippen LogP contribution >= 0.6 is 15.9 Å². The van der Waals surface area contributed by atoms with Crippen molar-refractivity contribution in [3.8, 4) is 5.75 Å². The van der Waals surface area contributed by atoms with Crippen LogP contribution in [0.15, 0.2) is 22.7 Å². The third kappa shape index (κ3) is 4.22. The van der Waals surface area contributed by atoms with E-state index in [2.05, 4.69) is 28.1 Å². The van der Waals surface area contributed by atoms with E-state index in [1.807, 2.05) is 19.9 Å². The first-order chi connectivity index (χ1) is 7.13. The molecule has 0 aromatic heterocycles. The molecule has 0 spiro atoms. The minimum absolute atomic E-state index is 0.260. The van der Waals surface area contributed by atoms with E-state index >= 15 is 0 Å². The van der Waals surface area contributed by atoms with Gasteiger partial charge in [-0.15, -0.1) is 0 Å². The highest BCUT2D eigenvalue weighted by Gasteiger charge is 2.03. The average Bonchev–Trinajstić information content (AvgIpc) is 2.19. The van der Waals surface area contributed by atoms with Crippen molar-refractivity contribution in [3.05, 3.63) is 28.2 Å². The Kier molecular flexibility index (Phi) is 5.12. The third-order valence-electron chi connectivity index (χ3n) is 2.18. The van der Waals surface area contributed by atoms with Crippen LogP contribution in [0.1, 0.15) is 25.8 Å². The first-order valence-electron chi connectivity index (χ1n) is 5.30. The molecule has 3 heteroatoms. The SMILES string of the molecule is CCOc1ccc(CCC(C)N)cc1Br. The van der Waals surface area contributed by atoms with E-state index in [9.17, 15) is 0 Å². The summed E-state index contributed by atoms with van der Waals surface area (Å²) in [4.78, 5) is 0. The molecule has 2 nitrogen and oxygen atoms in total. The van der Waals surface area contributed by atoms with Gasteiger partial charge in [-0.3, -0.25) is 0 Å². The Hall–Kier alpha value is -0.540. The fourth-order valence-corrected chi connectivity index (χ4v) is 1.91. The lowest BCUT2D eigenvalue weighted by atomic mass is 10.1. The van der Waals surface area contributed by atoms with Crippen molar-refractivity contribution in [1.82, 2.24) is 0 Å². The number of nitrogens with two attached hydrogens (primary N) is 1. The molecule has 0 heterocycles. The van der Waals surface area contributed by atoms with E-state index in [1.54, 1.807) is 0 Å². The summed E-state index contributed by atoms with van der Waals surface area (Å²) in [7, 11) is 0. The van der Waals surface area contributed by atoms with Crippen molar-refractivity contribution in [2.24, 2.45) is 5.73 Å². The van der Waals surface area contributed by atoms with Gasteiger partial charge in [0.15, 0.2) is 0 Å². The second-order valence-corrected chi connectivity index (χ2v) is 4.57. The van der Waals surface area contributed by atoms with E-state index < -0.39 is 0 Å². The lowest BCUT2D eigenvalue weighted by molar-refractivity contribution is 0.338. The molecule has 1 aromatic rings. The van der Waals surface area contributed by atoms with E-state index in [4.69, 9.17) is 10.5 Å². The predicted molar refractivity (Wildman–Crippen MR) is 67.3 cm³/mol. The highest BCUT2D eigenvalue weighted by Crippen LogP contribution is 2.26. The zero-order valence-corrected chi connectivity index (χ0v) is 10.9. The van der Waals surface area contributed by atoms with Crippen molar-refractivity contribution in [2.75, 3.05) is 6.61 Å². The van der Waals surface area contributed by atoms with Crippen LogP contribution in [0.25, 0.3) is 0 Å². The van der Waals surface area contributed by atoms with Crippen LogP contribution in [-0.2, 0) is 6.42 Å². The van der Waals surface area contributed by atoms with Gasteiger partial charge in [0.25, 0.3) is 0 Å². The van der Waals surface area contributed by atoms with Gasteiger partial charge in [0.2, 0.25) is 0 Å². The quantitative estimate of drug-likeness (QED) is 0.893. The minimum atomic E-state index is 0.260. The Morgan fingerprint density at radius 2 is 2.20 bits per heavy atom. The van der Waals surface area contributed by atoms with Crippen molar-refractivity contribution >= 4 is 15.9 Å². The van der Waals surface area contributed by atoms with Crippen LogP contribution in [0.3, 0.4) is 0 Å². The molecule has 0 aliphatic carbocycles. The Bertz CT molecular complexity index is 312. The molecule has 0 amide bonds. The molecule has 0 aliphatic rings. The Labute approximate surface area is 99.9 Å². The van der Waals surface area contributed by atoms with E-state index in [0.717, 1.165) is 23.1 Å². The molecule has 0 saturated carbocycles. The number of benzene rings is 1. The van der Waals surface area contributed by atoms with E-state index in [-0.39, 0.29) is 6.04 Å².